The van der Waals surface area contributed by atoms with Gasteiger partial charge in [0.25, 0.3) is 5.56 Å². The van der Waals surface area contributed by atoms with Crippen LogP contribution in [0.1, 0.15) is 36.6 Å². The van der Waals surface area contributed by atoms with Crippen molar-refractivity contribution in [2.45, 2.75) is 57.3 Å². The molecule has 0 saturated carbocycles. The molecule has 0 saturated heterocycles. The van der Waals surface area contributed by atoms with Crippen LogP contribution in [-0.2, 0) is 21.7 Å². The molecule has 7 heteroatoms. The van der Waals surface area contributed by atoms with Crippen LogP contribution in [-0.4, -0.2) is 23.7 Å². The van der Waals surface area contributed by atoms with Crippen molar-refractivity contribution >= 4 is 36.6 Å². The Hall–Kier alpha value is -1.11. The van der Waals surface area contributed by atoms with Gasteiger partial charge in [0.1, 0.15) is 12.2 Å². The summed E-state index contributed by atoms with van der Waals surface area (Å²) in [6, 6.07) is 1.77. The van der Waals surface area contributed by atoms with Gasteiger partial charge in [-0.1, -0.05) is 32.5 Å². The topological polar surface area (TPSA) is 68.5 Å². The Morgan fingerprint density at radius 1 is 1.50 bits per heavy atom. The molecule has 0 aromatic carbocycles. The number of carbonyl (C=O) groups is 1. The second-order valence-electron chi connectivity index (χ2n) is 7.19. The summed E-state index contributed by atoms with van der Waals surface area (Å²) in [7, 11) is -1.85. The summed E-state index contributed by atoms with van der Waals surface area (Å²) in [6.45, 7) is 7.97. The molecule has 1 aliphatic rings. The first-order valence-electron chi connectivity index (χ1n) is 7.83. The zero-order chi connectivity index (χ0) is 18.3. The zero-order valence-electron chi connectivity index (χ0n) is 14.4. The average Bonchev–Trinajstić information content (AvgIpc) is 2.60. The van der Waals surface area contributed by atoms with Gasteiger partial charge in [0.15, 0.2) is 0 Å². The number of hydrogen-bond acceptors (Lipinski definition) is 4. The molecule has 0 radical (unpaired) electrons. The summed E-state index contributed by atoms with van der Waals surface area (Å²) in [5, 5.41) is 10.9. The highest BCUT2D eigenvalue weighted by Gasteiger charge is 2.39. The largest absolute Gasteiger partial charge is 0.460 e. The Morgan fingerprint density at radius 2 is 2.12 bits per heavy atom. The summed E-state index contributed by atoms with van der Waals surface area (Å²) in [5.41, 5.74) is -1.16. The lowest BCUT2D eigenvalue weighted by Crippen LogP contribution is -2.43. The molecule has 0 aliphatic carbocycles. The van der Waals surface area contributed by atoms with Crippen LogP contribution in [0.2, 0.25) is 19.6 Å². The molecule has 0 bridgehead atoms. The Kier molecular flexibility index (Phi) is 5.33. The van der Waals surface area contributed by atoms with E-state index < -0.39 is 19.6 Å². The van der Waals surface area contributed by atoms with Gasteiger partial charge in [-0.25, -0.2) is 0 Å². The van der Waals surface area contributed by atoms with Crippen molar-refractivity contribution in [2.24, 2.45) is 0 Å². The highest BCUT2D eigenvalue weighted by Crippen LogP contribution is 2.35. The first-order valence-corrected chi connectivity index (χ1v) is 12.5. The first kappa shape index (κ1) is 19.2. The number of terminal acetylenes is 1. The number of rotatable bonds is 3. The first-order chi connectivity index (χ1) is 11.0. The summed E-state index contributed by atoms with van der Waals surface area (Å²) in [6.07, 6.45) is 5.89. The number of cyclic esters (lactones) is 1. The number of hydrogen-bond donors (Lipinski definition) is 1. The van der Waals surface area contributed by atoms with Crippen LogP contribution < -0.4 is 5.56 Å². The maximum atomic E-state index is 13.1. The number of pyridine rings is 1. The van der Waals surface area contributed by atoms with E-state index in [0.29, 0.717) is 21.2 Å². The predicted octanol–water partition coefficient (Wildman–Crippen LogP) is 2.55. The van der Waals surface area contributed by atoms with Gasteiger partial charge in [0.2, 0.25) is 0 Å². The summed E-state index contributed by atoms with van der Waals surface area (Å²) in [4.78, 5) is 25.0. The molecule has 5 nitrogen and oxygen atoms in total. The number of halogens is 1. The molecule has 24 heavy (non-hydrogen) atoms. The normalized spacial score (nSPS) is 22.1. The summed E-state index contributed by atoms with van der Waals surface area (Å²) < 4.78 is 7.43. The maximum Gasteiger partial charge on any atom is 0.309 e. The molecule has 2 rings (SSSR count). The molecule has 2 atom stereocenters. The molecule has 1 N–H and O–H groups in total. The SMILES string of the molecule is C#CC(n1c(I)cc2c(c1=O)COC(=O)CC2(O)CC)[Si](C)(C)C. The molecule has 0 fully saturated rings. The number of fused-ring (bicyclic) bond motifs is 1. The van der Waals surface area contributed by atoms with Crippen LogP contribution in [0.4, 0.5) is 0 Å². The van der Waals surface area contributed by atoms with Crippen molar-refractivity contribution in [1.82, 2.24) is 4.57 Å². The standard InChI is InChI=1S/C17H22INO4Si/c1-6-14(24(3,4)5)19-13(18)8-12-11(16(19)21)10-23-15(20)9-17(12,22)7-2/h1,8,14,22H,7,9-10H2,2-5H3. The quantitative estimate of drug-likeness (QED) is 0.248. The lowest BCUT2D eigenvalue weighted by molar-refractivity contribution is -0.149. The van der Waals surface area contributed by atoms with Crippen molar-refractivity contribution < 1.29 is 14.6 Å². The van der Waals surface area contributed by atoms with Crippen LogP contribution in [0.3, 0.4) is 0 Å². The van der Waals surface area contributed by atoms with Crippen molar-refractivity contribution in [3.63, 3.8) is 0 Å². The molecular weight excluding hydrogens is 437 g/mol. The molecule has 2 unspecified atom stereocenters. The number of aromatic nitrogens is 1. The highest BCUT2D eigenvalue weighted by molar-refractivity contribution is 14.1. The molecular formula is C17H22INO4Si. The van der Waals surface area contributed by atoms with E-state index >= 15 is 0 Å². The number of esters is 1. The lowest BCUT2D eigenvalue weighted by Gasteiger charge is -2.30. The Morgan fingerprint density at radius 3 is 2.62 bits per heavy atom. The van der Waals surface area contributed by atoms with Crippen molar-refractivity contribution in [3.05, 3.63) is 31.2 Å². The van der Waals surface area contributed by atoms with Gasteiger partial charge in [-0.15, -0.1) is 6.42 Å². The van der Waals surface area contributed by atoms with E-state index in [-0.39, 0.29) is 24.3 Å². The minimum atomic E-state index is -1.85. The number of ether oxygens (including phenoxy) is 1. The summed E-state index contributed by atoms with van der Waals surface area (Å²) >= 11 is 2.07. The highest BCUT2D eigenvalue weighted by atomic mass is 127. The smallest absolute Gasteiger partial charge is 0.309 e. The molecule has 1 aromatic heterocycles. The predicted molar refractivity (Wildman–Crippen MR) is 103 cm³/mol. The van der Waals surface area contributed by atoms with Crippen LogP contribution in [0, 0.1) is 16.0 Å². The molecule has 1 aromatic rings. The fourth-order valence-electron chi connectivity index (χ4n) is 2.99. The van der Waals surface area contributed by atoms with Crippen molar-refractivity contribution in [3.8, 4) is 12.3 Å². The van der Waals surface area contributed by atoms with E-state index in [1.54, 1.807) is 17.6 Å². The van der Waals surface area contributed by atoms with Crippen LogP contribution in [0.15, 0.2) is 10.9 Å². The van der Waals surface area contributed by atoms with E-state index in [1.165, 1.54) is 0 Å². The average molecular weight is 459 g/mol. The Labute approximate surface area is 156 Å². The van der Waals surface area contributed by atoms with Crippen LogP contribution in [0.25, 0.3) is 0 Å². The van der Waals surface area contributed by atoms with Gasteiger partial charge in [-0.3, -0.25) is 14.2 Å². The minimum absolute atomic E-state index is 0.130. The van der Waals surface area contributed by atoms with Crippen LogP contribution in [0.5, 0.6) is 0 Å². The lowest BCUT2D eigenvalue weighted by atomic mass is 9.86. The van der Waals surface area contributed by atoms with Gasteiger partial charge < -0.3 is 9.84 Å². The van der Waals surface area contributed by atoms with Crippen LogP contribution >= 0.6 is 22.6 Å². The third-order valence-corrected chi connectivity index (χ3v) is 7.33. The zero-order valence-corrected chi connectivity index (χ0v) is 17.5. The molecule has 130 valence electrons. The second kappa shape index (κ2) is 6.65. The van der Waals surface area contributed by atoms with Gasteiger partial charge in [0.05, 0.1) is 29.4 Å². The van der Waals surface area contributed by atoms with Gasteiger partial charge >= 0.3 is 5.97 Å². The molecule has 0 spiro atoms. The molecule has 2 heterocycles. The van der Waals surface area contributed by atoms with E-state index in [4.69, 9.17) is 11.2 Å². The van der Waals surface area contributed by atoms with Gasteiger partial charge in [0, 0.05) is 0 Å². The monoisotopic (exact) mass is 459 g/mol. The third kappa shape index (κ3) is 3.32. The van der Waals surface area contributed by atoms with E-state index in [9.17, 15) is 14.7 Å². The van der Waals surface area contributed by atoms with E-state index in [1.807, 2.05) is 0 Å². The second-order valence-corrected chi connectivity index (χ2v) is 13.6. The van der Waals surface area contributed by atoms with Gasteiger partial charge in [-0.05, 0) is 40.6 Å². The number of nitrogens with zero attached hydrogens (tertiary/aromatic N) is 1. The maximum absolute atomic E-state index is 13.1. The van der Waals surface area contributed by atoms with E-state index in [2.05, 4.69) is 48.2 Å². The minimum Gasteiger partial charge on any atom is -0.460 e. The molecule has 0 amide bonds. The summed E-state index contributed by atoms with van der Waals surface area (Å²) in [5.74, 6) is 2.25. The van der Waals surface area contributed by atoms with Crippen molar-refractivity contribution in [2.75, 3.05) is 0 Å². The molecule has 1 aliphatic heterocycles. The van der Waals surface area contributed by atoms with E-state index in [0.717, 1.165) is 0 Å². The Balaban J connectivity index is 2.78. The van der Waals surface area contributed by atoms with Gasteiger partial charge in [-0.2, -0.15) is 0 Å². The van der Waals surface area contributed by atoms with Crippen molar-refractivity contribution in [1.29, 1.82) is 0 Å². The number of aliphatic hydroxyl groups is 1. The third-order valence-electron chi connectivity index (χ3n) is 4.43. The fraction of sp³-hybridized carbons (Fsp3) is 0.529. The number of carbonyl (C=O) groups excluding carboxylic acids is 1. The fourth-order valence-corrected chi connectivity index (χ4v) is 5.60. The Bertz CT molecular complexity index is 775.